The summed E-state index contributed by atoms with van der Waals surface area (Å²) in [7, 11) is 0. The van der Waals surface area contributed by atoms with E-state index in [4.69, 9.17) is 34.6 Å². The first-order valence-corrected chi connectivity index (χ1v) is 15.5. The standard InChI is InChI=1S/2C16H23NO4.C2HF3O2.CH4.ClH/c2*1-12(2)15(17)16(19)20-10-6-9-14(18)21-11-13-7-4-3-5-8-13;3-2(4,5)1(6)7;;/h2*3-5,7-8,12,15H,6,9-11,17H2,1-2H3;(H,6,7);1H4;1H/p-1/t2*15-;;;/m00.../s1. The lowest BCUT2D eigenvalue weighted by molar-refractivity contribution is -0.418. The summed E-state index contributed by atoms with van der Waals surface area (Å²) in [5.41, 5.74) is 11.3. The van der Waals surface area contributed by atoms with Crippen LogP contribution in [0, 0.1) is 11.8 Å². The maximum absolute atomic E-state index is 11.5. The molecule has 290 valence electrons. The molecule has 51 heavy (non-hydrogen) atoms. The number of aliphatic carboxylic acids is 1. The predicted molar refractivity (Wildman–Crippen MR) is 175 cm³/mol. The molecule has 0 heterocycles. The Hall–Kier alpha value is -4.21. The van der Waals surface area contributed by atoms with Gasteiger partial charge in [-0.2, -0.15) is 13.2 Å². The van der Waals surface area contributed by atoms with Crippen molar-refractivity contribution in [3.63, 3.8) is 0 Å². The molecule has 2 atom stereocenters. The van der Waals surface area contributed by atoms with Gasteiger partial charge in [-0.25, -0.2) is 4.79 Å². The number of halogens is 4. The summed E-state index contributed by atoms with van der Waals surface area (Å²) in [6, 6.07) is 18.0. The van der Waals surface area contributed by atoms with Crippen molar-refractivity contribution >= 4 is 29.8 Å². The number of ether oxygens (including phenoxy) is 4. The summed E-state index contributed by atoms with van der Waals surface area (Å²) in [6.45, 7) is 8.47. The molecule has 12 nitrogen and oxygen atoms in total. The number of rotatable bonds is 16. The Kier molecular flexibility index (Phi) is 28.6. The second kappa shape index (κ2) is 28.5. The Morgan fingerprint density at radius 1 is 0.706 bits per heavy atom. The largest absolute Gasteiger partial charge is 1.00 e. The van der Waals surface area contributed by atoms with Crippen molar-refractivity contribution in [2.75, 3.05) is 13.2 Å². The van der Waals surface area contributed by atoms with Crippen molar-refractivity contribution in [2.24, 2.45) is 17.6 Å². The van der Waals surface area contributed by atoms with Gasteiger partial charge in [0.1, 0.15) is 25.2 Å². The summed E-state index contributed by atoms with van der Waals surface area (Å²) in [4.78, 5) is 54.8. The highest BCUT2D eigenvalue weighted by atomic mass is 35.5. The van der Waals surface area contributed by atoms with Crippen LogP contribution in [-0.4, -0.2) is 61.3 Å². The molecular formula is C35H51ClF3N2O10-. The third-order valence-corrected chi connectivity index (χ3v) is 6.35. The normalized spacial score (nSPS) is 11.4. The average Bonchev–Trinajstić information content (AvgIpc) is 3.06. The number of carboxylic acid groups (broad SMARTS) is 1. The molecule has 0 saturated heterocycles. The third kappa shape index (κ3) is 26.3. The fourth-order valence-corrected chi connectivity index (χ4v) is 3.15. The SMILES string of the molecule is C.CC(C)[C@H](N)C(=O)OCCCC(=O)OCc1ccccc1.CC(C)[C@H]([NH3+])C(=O)OCCCC(=O)OCc1ccccc1.O=C([O-])C(F)(F)F.[Cl-]. The molecule has 0 aliphatic carbocycles. The van der Waals surface area contributed by atoms with Crippen molar-refractivity contribution < 1.29 is 79.3 Å². The van der Waals surface area contributed by atoms with Crippen molar-refractivity contribution in [1.82, 2.24) is 0 Å². The number of quaternary nitrogens is 1. The Balaban J connectivity index is -0.000000737. The zero-order chi connectivity index (χ0) is 37.4. The van der Waals surface area contributed by atoms with Crippen LogP contribution in [0.1, 0.15) is 71.9 Å². The smallest absolute Gasteiger partial charge is 0.430 e. The summed E-state index contributed by atoms with van der Waals surface area (Å²) in [5.74, 6) is -4.16. The van der Waals surface area contributed by atoms with Crippen LogP contribution in [0.3, 0.4) is 0 Å². The molecule has 5 N–H and O–H groups in total. The van der Waals surface area contributed by atoms with Gasteiger partial charge in [0.05, 0.1) is 13.2 Å². The van der Waals surface area contributed by atoms with Crippen LogP contribution >= 0.6 is 0 Å². The minimum absolute atomic E-state index is 0. The second-order valence-corrected chi connectivity index (χ2v) is 11.2. The summed E-state index contributed by atoms with van der Waals surface area (Å²) in [6.07, 6.45) is -3.84. The van der Waals surface area contributed by atoms with Gasteiger partial charge in [-0.15, -0.1) is 0 Å². The lowest BCUT2D eigenvalue weighted by atomic mass is 10.1. The molecule has 0 saturated carbocycles. The molecule has 0 radical (unpaired) electrons. The van der Waals surface area contributed by atoms with Crippen LogP contribution < -0.4 is 29.0 Å². The van der Waals surface area contributed by atoms with Gasteiger partial charge < -0.3 is 52.7 Å². The van der Waals surface area contributed by atoms with Crippen molar-refractivity contribution in [3.05, 3.63) is 71.8 Å². The Morgan fingerprint density at radius 3 is 1.37 bits per heavy atom. The topological polar surface area (TPSA) is 199 Å². The van der Waals surface area contributed by atoms with Crippen molar-refractivity contribution in [2.45, 2.75) is 92.3 Å². The fraction of sp³-hybridized carbons (Fsp3) is 0.514. The first-order chi connectivity index (χ1) is 22.9. The Labute approximate surface area is 303 Å². The van der Waals surface area contributed by atoms with Gasteiger partial charge in [-0.1, -0.05) is 95.8 Å². The molecular weight excluding hydrogens is 701 g/mol. The van der Waals surface area contributed by atoms with Crippen LogP contribution in [0.4, 0.5) is 13.2 Å². The van der Waals surface area contributed by atoms with Gasteiger partial charge in [0.25, 0.3) is 0 Å². The molecule has 0 aromatic heterocycles. The van der Waals surface area contributed by atoms with E-state index < -0.39 is 24.2 Å². The first kappa shape index (κ1) is 51.2. The van der Waals surface area contributed by atoms with Crippen LogP contribution in [0.15, 0.2) is 60.7 Å². The maximum Gasteiger partial charge on any atom is 0.430 e. The second-order valence-electron chi connectivity index (χ2n) is 11.2. The number of carbonyl (C=O) groups is 5. The molecule has 0 fully saturated rings. The van der Waals surface area contributed by atoms with Crippen LogP contribution in [0.25, 0.3) is 0 Å². The molecule has 2 rings (SSSR count). The molecule has 0 amide bonds. The number of benzene rings is 2. The lowest BCUT2D eigenvalue weighted by Crippen LogP contribution is -3.00. The summed E-state index contributed by atoms with van der Waals surface area (Å²) >= 11 is 0. The van der Waals surface area contributed by atoms with E-state index in [9.17, 15) is 32.3 Å². The van der Waals surface area contributed by atoms with E-state index >= 15 is 0 Å². The minimum Gasteiger partial charge on any atom is -1.00 e. The van der Waals surface area contributed by atoms with Gasteiger partial charge in [-0.3, -0.25) is 14.4 Å². The number of alkyl halides is 3. The van der Waals surface area contributed by atoms with Gasteiger partial charge in [0.15, 0.2) is 6.04 Å². The molecule has 0 unspecified atom stereocenters. The van der Waals surface area contributed by atoms with E-state index in [2.05, 4.69) is 5.73 Å². The van der Waals surface area contributed by atoms with E-state index in [0.29, 0.717) is 12.8 Å². The molecule has 2 aromatic rings. The maximum atomic E-state index is 11.5. The highest BCUT2D eigenvalue weighted by Crippen LogP contribution is 2.11. The molecule has 0 aliphatic rings. The molecule has 0 spiro atoms. The number of hydrogen-bond donors (Lipinski definition) is 2. The van der Waals surface area contributed by atoms with Gasteiger partial charge >= 0.3 is 30.1 Å². The Morgan fingerprint density at radius 2 is 1.06 bits per heavy atom. The minimum atomic E-state index is -5.19. The zero-order valence-electron chi connectivity index (χ0n) is 28.6. The number of carbonyl (C=O) groups excluding carboxylic acids is 5. The van der Waals surface area contributed by atoms with Gasteiger partial charge in [0, 0.05) is 18.8 Å². The van der Waals surface area contributed by atoms with E-state index in [1.54, 1.807) is 0 Å². The van der Waals surface area contributed by atoms with E-state index in [1.165, 1.54) is 0 Å². The quantitative estimate of drug-likeness (QED) is 0.136. The number of carboxylic acids is 1. The first-order valence-electron chi connectivity index (χ1n) is 15.5. The van der Waals surface area contributed by atoms with E-state index in [0.717, 1.165) is 11.1 Å². The lowest BCUT2D eigenvalue weighted by Gasteiger charge is -2.14. The molecule has 16 heteroatoms. The number of esters is 4. The molecule has 2 aromatic carbocycles. The van der Waals surface area contributed by atoms with Gasteiger partial charge in [0.2, 0.25) is 0 Å². The Bertz CT molecular complexity index is 1180. The zero-order valence-corrected chi connectivity index (χ0v) is 29.4. The monoisotopic (exact) mass is 751 g/mol. The molecule has 0 bridgehead atoms. The number of nitrogens with two attached hydrogens (primary N) is 1. The van der Waals surface area contributed by atoms with Crippen molar-refractivity contribution in [1.29, 1.82) is 0 Å². The summed E-state index contributed by atoms with van der Waals surface area (Å²) < 4.78 is 51.9. The summed E-state index contributed by atoms with van der Waals surface area (Å²) in [5, 5.41) is 8.78. The van der Waals surface area contributed by atoms with E-state index in [-0.39, 0.29) is 94.9 Å². The van der Waals surface area contributed by atoms with Gasteiger partial charge in [-0.05, 0) is 29.9 Å². The number of hydrogen-bond acceptors (Lipinski definition) is 11. The van der Waals surface area contributed by atoms with Crippen LogP contribution in [0.5, 0.6) is 0 Å². The highest BCUT2D eigenvalue weighted by Gasteiger charge is 2.29. The van der Waals surface area contributed by atoms with Crippen molar-refractivity contribution in [3.8, 4) is 0 Å². The molecule has 0 aliphatic heterocycles. The average molecular weight is 752 g/mol. The predicted octanol–water partition coefficient (Wildman–Crippen LogP) is 0.295. The van der Waals surface area contributed by atoms with Crippen LogP contribution in [-0.2, 0) is 56.1 Å². The van der Waals surface area contributed by atoms with Crippen LogP contribution in [0.2, 0.25) is 0 Å². The fourth-order valence-electron chi connectivity index (χ4n) is 3.15. The highest BCUT2D eigenvalue weighted by molar-refractivity contribution is 5.76. The van der Waals surface area contributed by atoms with E-state index in [1.807, 2.05) is 88.4 Å². The third-order valence-electron chi connectivity index (χ3n) is 6.35.